The first-order valence-corrected chi connectivity index (χ1v) is 13.4. The Balaban J connectivity index is 1.63. The van der Waals surface area contributed by atoms with E-state index in [-0.39, 0.29) is 41.6 Å². The topological polar surface area (TPSA) is 95.9 Å². The van der Waals surface area contributed by atoms with E-state index < -0.39 is 22.6 Å². The highest BCUT2D eigenvalue weighted by atomic mass is 32.2. The van der Waals surface area contributed by atoms with Gasteiger partial charge in [0.25, 0.3) is 0 Å². The number of thioether (sulfide) groups is 1. The summed E-state index contributed by atoms with van der Waals surface area (Å²) in [5.41, 5.74) is 0. The lowest BCUT2D eigenvalue weighted by Gasteiger charge is -2.39. The van der Waals surface area contributed by atoms with Crippen molar-refractivity contribution in [2.45, 2.75) is 93.7 Å². The van der Waals surface area contributed by atoms with Gasteiger partial charge in [-0.3, -0.25) is 14.4 Å². The highest BCUT2D eigenvalue weighted by molar-refractivity contribution is 8.02. The number of aliphatic hydroxyl groups excluding tert-OH is 1. The van der Waals surface area contributed by atoms with E-state index in [1.165, 1.54) is 6.42 Å². The summed E-state index contributed by atoms with van der Waals surface area (Å²) < 4.78 is 4.82. The zero-order valence-electron chi connectivity index (χ0n) is 19.4. The Morgan fingerprint density at radius 3 is 2.66 bits per heavy atom. The standard InChI is InChI=1S/C24H38N2O5S/c1-3-31-23(30)18-17-14-15(2)24(32-17)19(18)22(29)26(12-8-5-9-13-27)20(24)21(28)25-16-10-6-4-7-11-16/h15-20,27H,3-14H2,1-2H3,(H,25,28)/t15?,17-,18+,19-,20?,24?/m0/s1. The van der Waals surface area contributed by atoms with Gasteiger partial charge in [0.1, 0.15) is 6.04 Å². The lowest BCUT2D eigenvalue weighted by molar-refractivity contribution is -0.154. The van der Waals surface area contributed by atoms with Crippen LogP contribution in [0.4, 0.5) is 0 Å². The van der Waals surface area contributed by atoms with Crippen molar-refractivity contribution in [3.05, 3.63) is 0 Å². The average Bonchev–Trinajstić information content (AvgIpc) is 3.36. The number of ether oxygens (including phenoxy) is 1. The molecule has 3 unspecified atom stereocenters. The van der Waals surface area contributed by atoms with E-state index in [0.717, 1.165) is 44.9 Å². The Morgan fingerprint density at radius 1 is 1.22 bits per heavy atom. The minimum atomic E-state index is -0.561. The van der Waals surface area contributed by atoms with Gasteiger partial charge in [0.05, 0.1) is 23.2 Å². The zero-order valence-corrected chi connectivity index (χ0v) is 20.2. The number of fused-ring (bicyclic) bond motifs is 1. The maximum Gasteiger partial charge on any atom is 0.310 e. The van der Waals surface area contributed by atoms with Gasteiger partial charge in [-0.05, 0) is 51.4 Å². The van der Waals surface area contributed by atoms with Gasteiger partial charge < -0.3 is 20.1 Å². The first-order valence-electron chi connectivity index (χ1n) is 12.5. The molecule has 0 aromatic heterocycles. The molecule has 2 bridgehead atoms. The molecule has 4 aliphatic rings. The molecule has 1 aliphatic carbocycles. The Kier molecular flexibility index (Phi) is 7.40. The van der Waals surface area contributed by atoms with Gasteiger partial charge >= 0.3 is 5.97 Å². The van der Waals surface area contributed by atoms with Crippen LogP contribution in [0.15, 0.2) is 0 Å². The van der Waals surface area contributed by atoms with E-state index in [2.05, 4.69) is 12.2 Å². The van der Waals surface area contributed by atoms with Crippen LogP contribution in [0.5, 0.6) is 0 Å². The Labute approximate surface area is 195 Å². The molecule has 2 amide bonds. The Hall–Kier alpha value is -1.28. The van der Waals surface area contributed by atoms with E-state index in [4.69, 9.17) is 9.84 Å². The molecule has 1 saturated carbocycles. The minimum absolute atomic E-state index is 0.0412. The number of hydrogen-bond acceptors (Lipinski definition) is 6. The van der Waals surface area contributed by atoms with Crippen LogP contribution in [-0.2, 0) is 19.1 Å². The van der Waals surface area contributed by atoms with Gasteiger partial charge in [-0.25, -0.2) is 0 Å². The van der Waals surface area contributed by atoms with E-state index in [9.17, 15) is 14.4 Å². The number of carbonyl (C=O) groups is 3. The van der Waals surface area contributed by atoms with Crippen molar-refractivity contribution in [2.75, 3.05) is 19.8 Å². The SMILES string of the molecule is CCOC(=O)[C@@H]1[C@@H]2CC(C)C3(S2)C(C(=O)NC2CCCCC2)N(CCCCCO)C(=O)[C@H]13. The molecule has 0 aromatic rings. The van der Waals surface area contributed by atoms with Crippen LogP contribution in [0.2, 0.25) is 0 Å². The number of esters is 1. The fraction of sp³-hybridized carbons (Fsp3) is 0.875. The highest BCUT2D eigenvalue weighted by Crippen LogP contribution is 2.68. The second kappa shape index (κ2) is 9.92. The van der Waals surface area contributed by atoms with Gasteiger partial charge in [0.15, 0.2) is 0 Å². The Bertz CT molecular complexity index is 727. The van der Waals surface area contributed by atoms with Gasteiger partial charge in [-0.1, -0.05) is 26.2 Å². The molecule has 32 heavy (non-hydrogen) atoms. The van der Waals surface area contributed by atoms with Gasteiger partial charge in [-0.15, -0.1) is 11.8 Å². The third-order valence-corrected chi connectivity index (χ3v) is 10.1. The third-order valence-electron chi connectivity index (χ3n) is 8.06. The molecule has 8 heteroatoms. The average molecular weight is 467 g/mol. The summed E-state index contributed by atoms with van der Waals surface area (Å²) in [6.45, 7) is 4.86. The molecule has 0 aromatic carbocycles. The summed E-state index contributed by atoms with van der Waals surface area (Å²) in [6.07, 6.45) is 8.55. The molecule has 3 heterocycles. The van der Waals surface area contributed by atoms with Crippen molar-refractivity contribution in [3.63, 3.8) is 0 Å². The summed E-state index contributed by atoms with van der Waals surface area (Å²) in [7, 11) is 0. The van der Waals surface area contributed by atoms with Crippen LogP contribution in [0.3, 0.4) is 0 Å². The van der Waals surface area contributed by atoms with Crippen LogP contribution in [-0.4, -0.2) is 69.6 Å². The van der Waals surface area contributed by atoms with Crippen LogP contribution in [0, 0.1) is 17.8 Å². The lowest BCUT2D eigenvalue weighted by atomic mass is 9.66. The molecule has 2 N–H and O–H groups in total. The van der Waals surface area contributed by atoms with Gasteiger partial charge in [0.2, 0.25) is 11.8 Å². The fourth-order valence-electron chi connectivity index (χ4n) is 6.66. The first kappa shape index (κ1) is 23.9. The summed E-state index contributed by atoms with van der Waals surface area (Å²) in [6, 6.07) is -0.363. The van der Waals surface area contributed by atoms with E-state index >= 15 is 0 Å². The van der Waals surface area contributed by atoms with Crippen LogP contribution < -0.4 is 5.32 Å². The van der Waals surface area contributed by atoms with Crippen LogP contribution >= 0.6 is 11.8 Å². The second-order valence-electron chi connectivity index (χ2n) is 9.96. The van der Waals surface area contributed by atoms with Crippen molar-refractivity contribution in [1.29, 1.82) is 0 Å². The molecule has 0 radical (unpaired) electrons. The quantitative estimate of drug-likeness (QED) is 0.400. The number of unbranched alkanes of at least 4 members (excludes halogenated alkanes) is 2. The predicted molar refractivity (Wildman–Crippen MR) is 123 cm³/mol. The number of amides is 2. The largest absolute Gasteiger partial charge is 0.466 e. The fourth-order valence-corrected chi connectivity index (χ4v) is 9.07. The van der Waals surface area contributed by atoms with Crippen LogP contribution in [0.25, 0.3) is 0 Å². The smallest absolute Gasteiger partial charge is 0.310 e. The maximum atomic E-state index is 13.8. The summed E-state index contributed by atoms with van der Waals surface area (Å²) in [4.78, 5) is 42.2. The molecule has 6 atom stereocenters. The maximum absolute atomic E-state index is 13.8. The predicted octanol–water partition coefficient (Wildman–Crippen LogP) is 2.50. The zero-order chi connectivity index (χ0) is 22.9. The number of carbonyl (C=O) groups excluding carboxylic acids is 3. The monoisotopic (exact) mass is 466 g/mol. The van der Waals surface area contributed by atoms with E-state index in [0.29, 0.717) is 19.6 Å². The molecule has 1 spiro atoms. The van der Waals surface area contributed by atoms with E-state index in [1.807, 2.05) is 0 Å². The first-order chi connectivity index (χ1) is 15.5. The minimum Gasteiger partial charge on any atom is -0.466 e. The number of aliphatic hydroxyl groups is 1. The molecule has 4 rings (SSSR count). The molecule has 7 nitrogen and oxygen atoms in total. The number of nitrogens with zero attached hydrogens (tertiary/aromatic N) is 1. The Morgan fingerprint density at radius 2 is 1.97 bits per heavy atom. The lowest BCUT2D eigenvalue weighted by Crippen LogP contribution is -2.57. The summed E-state index contributed by atoms with van der Waals surface area (Å²) in [5.74, 6) is -1.15. The number of nitrogens with one attached hydrogen (secondary N) is 1. The highest BCUT2D eigenvalue weighted by Gasteiger charge is 2.76. The molecule has 4 fully saturated rings. The van der Waals surface area contributed by atoms with Crippen molar-refractivity contribution < 1.29 is 24.2 Å². The van der Waals surface area contributed by atoms with Crippen molar-refractivity contribution in [1.82, 2.24) is 10.2 Å². The van der Waals surface area contributed by atoms with Crippen LogP contribution in [0.1, 0.15) is 71.6 Å². The molecular weight excluding hydrogens is 428 g/mol. The number of rotatable bonds is 9. The second-order valence-corrected chi connectivity index (χ2v) is 11.5. The van der Waals surface area contributed by atoms with Crippen molar-refractivity contribution >= 4 is 29.5 Å². The molecule has 180 valence electrons. The summed E-state index contributed by atoms with van der Waals surface area (Å²) in [5, 5.41) is 12.5. The van der Waals surface area contributed by atoms with Gasteiger partial charge in [-0.2, -0.15) is 0 Å². The van der Waals surface area contributed by atoms with Crippen molar-refractivity contribution in [3.8, 4) is 0 Å². The molecule has 3 saturated heterocycles. The number of hydrogen-bond donors (Lipinski definition) is 2. The molecular formula is C24H38N2O5S. The van der Waals surface area contributed by atoms with E-state index in [1.54, 1.807) is 23.6 Å². The normalized spacial score (nSPS) is 36.4. The third kappa shape index (κ3) is 3.95. The summed E-state index contributed by atoms with van der Waals surface area (Å²) >= 11 is 1.71. The van der Waals surface area contributed by atoms with Crippen molar-refractivity contribution in [2.24, 2.45) is 17.8 Å². The van der Waals surface area contributed by atoms with Gasteiger partial charge in [0, 0.05) is 24.4 Å². The molecule has 3 aliphatic heterocycles. The number of likely N-dealkylation sites (tertiary alicyclic amines) is 1.